The van der Waals surface area contributed by atoms with Crippen LogP contribution in [0.4, 0.5) is 14.9 Å². The van der Waals surface area contributed by atoms with Crippen LogP contribution in [-0.2, 0) is 4.74 Å². The predicted molar refractivity (Wildman–Crippen MR) is 107 cm³/mol. The van der Waals surface area contributed by atoms with Crippen molar-refractivity contribution in [1.29, 1.82) is 0 Å². The molecule has 28 heavy (non-hydrogen) atoms. The van der Waals surface area contributed by atoms with E-state index in [9.17, 15) is 14.0 Å². The molecule has 1 fully saturated rings. The highest BCUT2D eigenvalue weighted by Crippen LogP contribution is 2.32. The van der Waals surface area contributed by atoms with Gasteiger partial charge >= 0.3 is 6.09 Å². The smallest absolute Gasteiger partial charge is 0.410 e. The van der Waals surface area contributed by atoms with Crippen LogP contribution < -0.4 is 4.90 Å². The van der Waals surface area contributed by atoms with Crippen LogP contribution in [0, 0.1) is 5.82 Å². The number of benzene rings is 2. The first-order valence-electron chi connectivity index (χ1n) is 9.35. The fraction of sp³-hybridized carbons (Fsp3) is 0.364. The molecule has 3 rings (SSSR count). The number of aldehydes is 1. The maximum absolute atomic E-state index is 13.3. The van der Waals surface area contributed by atoms with Gasteiger partial charge in [-0.2, -0.15) is 0 Å². The number of halogens is 1. The van der Waals surface area contributed by atoms with E-state index in [0.717, 1.165) is 23.1 Å². The Kier molecular flexibility index (Phi) is 5.68. The van der Waals surface area contributed by atoms with Crippen LogP contribution in [0.5, 0.6) is 0 Å². The molecule has 0 saturated carbocycles. The van der Waals surface area contributed by atoms with Gasteiger partial charge < -0.3 is 14.5 Å². The number of amides is 1. The average Bonchev–Trinajstić information content (AvgIpc) is 2.67. The first-order chi connectivity index (χ1) is 13.3. The van der Waals surface area contributed by atoms with Gasteiger partial charge in [0.15, 0.2) is 0 Å². The van der Waals surface area contributed by atoms with Crippen molar-refractivity contribution in [3.63, 3.8) is 0 Å². The predicted octanol–water partition coefficient (Wildman–Crippen LogP) is 4.36. The van der Waals surface area contributed by atoms with Crippen molar-refractivity contribution in [3.05, 3.63) is 53.8 Å². The van der Waals surface area contributed by atoms with Crippen LogP contribution in [0.3, 0.4) is 0 Å². The lowest BCUT2D eigenvalue weighted by Crippen LogP contribution is -2.50. The van der Waals surface area contributed by atoms with Crippen LogP contribution in [0.25, 0.3) is 11.1 Å². The van der Waals surface area contributed by atoms with Crippen LogP contribution in [-0.4, -0.2) is 49.1 Å². The molecule has 0 spiro atoms. The second-order valence-corrected chi connectivity index (χ2v) is 7.86. The van der Waals surface area contributed by atoms with Gasteiger partial charge in [0.2, 0.25) is 0 Å². The molecule has 5 nitrogen and oxygen atoms in total. The lowest BCUT2D eigenvalue weighted by molar-refractivity contribution is 0.0240. The molecule has 1 aliphatic rings. The molecule has 0 radical (unpaired) electrons. The summed E-state index contributed by atoms with van der Waals surface area (Å²) in [6, 6.07) is 11.7. The number of nitrogens with zero attached hydrogens (tertiary/aromatic N) is 2. The number of carbonyl (C=O) groups excluding carboxylic acids is 2. The average molecular weight is 384 g/mol. The fourth-order valence-electron chi connectivity index (χ4n) is 3.22. The standard InChI is InChI=1S/C22H25FN2O3/c1-22(2,3)28-21(27)25-12-10-24(11-13-25)20-9-4-16(15-26)14-19(20)17-5-7-18(23)8-6-17/h4-9,14-15H,10-13H2,1-3H3. The molecule has 0 bridgehead atoms. The van der Waals surface area contributed by atoms with Gasteiger partial charge in [0, 0.05) is 43.0 Å². The minimum atomic E-state index is -0.519. The zero-order valence-corrected chi connectivity index (χ0v) is 16.4. The number of piperazine rings is 1. The van der Waals surface area contributed by atoms with Gasteiger partial charge in [-0.25, -0.2) is 9.18 Å². The summed E-state index contributed by atoms with van der Waals surface area (Å²) in [7, 11) is 0. The zero-order chi connectivity index (χ0) is 20.3. The summed E-state index contributed by atoms with van der Waals surface area (Å²) in [5.74, 6) is -0.303. The Balaban J connectivity index is 1.80. The molecule has 2 aromatic rings. The van der Waals surface area contributed by atoms with Crippen LogP contribution in [0.15, 0.2) is 42.5 Å². The van der Waals surface area contributed by atoms with Crippen molar-refractivity contribution in [2.45, 2.75) is 26.4 Å². The third kappa shape index (κ3) is 4.68. The molecular weight excluding hydrogens is 359 g/mol. The van der Waals surface area contributed by atoms with E-state index in [0.29, 0.717) is 31.7 Å². The Bertz CT molecular complexity index is 851. The van der Waals surface area contributed by atoms with E-state index in [1.165, 1.54) is 12.1 Å². The molecule has 2 aromatic carbocycles. The molecular formula is C22H25FN2O3. The molecule has 0 unspecified atom stereocenters. The number of hydrogen-bond acceptors (Lipinski definition) is 4. The highest BCUT2D eigenvalue weighted by atomic mass is 19.1. The Morgan fingerprint density at radius 1 is 1.04 bits per heavy atom. The van der Waals surface area contributed by atoms with Crippen molar-refractivity contribution in [3.8, 4) is 11.1 Å². The Labute approximate surface area is 164 Å². The summed E-state index contributed by atoms with van der Waals surface area (Å²) in [5, 5.41) is 0. The van der Waals surface area contributed by atoms with Crippen LogP contribution >= 0.6 is 0 Å². The van der Waals surface area contributed by atoms with E-state index in [1.807, 2.05) is 32.9 Å². The first kappa shape index (κ1) is 19.9. The number of hydrogen-bond donors (Lipinski definition) is 0. The van der Waals surface area contributed by atoms with Gasteiger partial charge in [0.1, 0.15) is 17.7 Å². The van der Waals surface area contributed by atoms with Gasteiger partial charge in [-0.1, -0.05) is 12.1 Å². The molecule has 0 atom stereocenters. The number of anilines is 1. The molecule has 148 valence electrons. The Morgan fingerprint density at radius 2 is 1.68 bits per heavy atom. The maximum atomic E-state index is 13.3. The molecule has 1 aliphatic heterocycles. The summed E-state index contributed by atoms with van der Waals surface area (Å²) >= 11 is 0. The van der Waals surface area contributed by atoms with E-state index >= 15 is 0 Å². The fourth-order valence-corrected chi connectivity index (χ4v) is 3.22. The third-order valence-electron chi connectivity index (χ3n) is 4.58. The van der Waals surface area contributed by atoms with E-state index < -0.39 is 5.60 Å². The minimum Gasteiger partial charge on any atom is -0.444 e. The maximum Gasteiger partial charge on any atom is 0.410 e. The highest BCUT2D eigenvalue weighted by molar-refractivity contribution is 5.86. The van der Waals surface area contributed by atoms with E-state index in [-0.39, 0.29) is 11.9 Å². The van der Waals surface area contributed by atoms with E-state index in [1.54, 1.807) is 23.1 Å². The first-order valence-corrected chi connectivity index (χ1v) is 9.35. The minimum absolute atomic E-state index is 0.303. The van der Waals surface area contributed by atoms with E-state index in [2.05, 4.69) is 4.90 Å². The second kappa shape index (κ2) is 8.00. The normalized spacial score (nSPS) is 14.7. The molecule has 0 N–H and O–H groups in total. The number of carbonyl (C=O) groups is 2. The molecule has 1 amide bonds. The number of rotatable bonds is 3. The van der Waals surface area contributed by atoms with Crippen molar-refractivity contribution >= 4 is 18.1 Å². The van der Waals surface area contributed by atoms with Gasteiger partial charge in [-0.05, 0) is 56.7 Å². The molecule has 1 heterocycles. The van der Waals surface area contributed by atoms with Gasteiger partial charge in [0.25, 0.3) is 0 Å². The van der Waals surface area contributed by atoms with Crippen molar-refractivity contribution in [2.75, 3.05) is 31.1 Å². The highest BCUT2D eigenvalue weighted by Gasteiger charge is 2.26. The van der Waals surface area contributed by atoms with Crippen LogP contribution in [0.2, 0.25) is 0 Å². The van der Waals surface area contributed by atoms with E-state index in [4.69, 9.17) is 4.74 Å². The molecule has 0 aliphatic carbocycles. The molecule has 0 aromatic heterocycles. The molecule has 6 heteroatoms. The van der Waals surface area contributed by atoms with Crippen LogP contribution in [0.1, 0.15) is 31.1 Å². The van der Waals surface area contributed by atoms with Gasteiger partial charge in [0.05, 0.1) is 0 Å². The van der Waals surface area contributed by atoms with Crippen molar-refractivity contribution in [2.24, 2.45) is 0 Å². The van der Waals surface area contributed by atoms with Gasteiger partial charge in [-0.15, -0.1) is 0 Å². The van der Waals surface area contributed by atoms with Crippen molar-refractivity contribution in [1.82, 2.24) is 4.90 Å². The Morgan fingerprint density at radius 3 is 2.25 bits per heavy atom. The monoisotopic (exact) mass is 384 g/mol. The van der Waals surface area contributed by atoms with Gasteiger partial charge in [-0.3, -0.25) is 4.79 Å². The molecule has 1 saturated heterocycles. The lowest BCUT2D eigenvalue weighted by Gasteiger charge is -2.37. The topological polar surface area (TPSA) is 49.9 Å². The largest absolute Gasteiger partial charge is 0.444 e. The summed E-state index contributed by atoms with van der Waals surface area (Å²) < 4.78 is 18.8. The Hall–Kier alpha value is -2.89. The summed E-state index contributed by atoms with van der Waals surface area (Å²) in [4.78, 5) is 27.4. The summed E-state index contributed by atoms with van der Waals surface area (Å²) in [6.07, 6.45) is 0.499. The zero-order valence-electron chi connectivity index (χ0n) is 16.4. The quantitative estimate of drug-likeness (QED) is 0.738. The summed E-state index contributed by atoms with van der Waals surface area (Å²) in [6.45, 7) is 7.95. The lowest BCUT2D eigenvalue weighted by atomic mass is 10.00. The summed E-state index contributed by atoms with van der Waals surface area (Å²) in [5.41, 5.74) is 2.72. The third-order valence-corrected chi connectivity index (χ3v) is 4.58. The van der Waals surface area contributed by atoms with Crippen molar-refractivity contribution < 1.29 is 18.7 Å². The SMILES string of the molecule is CC(C)(C)OC(=O)N1CCN(c2ccc(C=O)cc2-c2ccc(F)cc2)CC1. The number of ether oxygens (including phenoxy) is 1. The second-order valence-electron chi connectivity index (χ2n) is 7.86.